The molecule has 4 heteroatoms. The summed E-state index contributed by atoms with van der Waals surface area (Å²) >= 11 is 0. The number of rotatable bonds is 9. The van der Waals surface area contributed by atoms with Crippen LogP contribution in [0.1, 0.15) is 25.8 Å². The predicted molar refractivity (Wildman–Crippen MR) is 86.4 cm³/mol. The second-order valence-electron chi connectivity index (χ2n) is 5.70. The van der Waals surface area contributed by atoms with Crippen molar-refractivity contribution in [3.05, 3.63) is 23.8 Å². The molecule has 20 heavy (non-hydrogen) atoms. The van der Waals surface area contributed by atoms with E-state index in [1.54, 1.807) is 0 Å². The van der Waals surface area contributed by atoms with E-state index >= 15 is 0 Å². The first kappa shape index (κ1) is 16.8. The Labute approximate surface area is 123 Å². The molecule has 0 bridgehead atoms. The number of anilines is 1. The van der Waals surface area contributed by atoms with Crippen molar-refractivity contribution in [1.29, 1.82) is 0 Å². The first-order valence-electron chi connectivity index (χ1n) is 7.39. The van der Waals surface area contributed by atoms with E-state index in [0.29, 0.717) is 0 Å². The van der Waals surface area contributed by atoms with E-state index in [1.165, 1.54) is 5.56 Å². The quantitative estimate of drug-likeness (QED) is 0.537. The molecule has 0 atom stereocenters. The molecule has 0 radical (unpaired) electrons. The standard InChI is InChI=1S/C16H29N3O/c1-13(2)20-16-8-7-14(12-15(16)17)6-5-9-18-10-11-19(3)4/h7-8,12-13,18H,5-6,9-11,17H2,1-4H3. The van der Waals surface area contributed by atoms with Crippen LogP contribution in [0.4, 0.5) is 5.69 Å². The highest BCUT2D eigenvalue weighted by Gasteiger charge is 2.04. The van der Waals surface area contributed by atoms with E-state index in [-0.39, 0.29) is 6.10 Å². The maximum absolute atomic E-state index is 6.01. The minimum Gasteiger partial charge on any atom is -0.489 e. The van der Waals surface area contributed by atoms with Gasteiger partial charge in [0.1, 0.15) is 5.75 Å². The molecule has 4 nitrogen and oxygen atoms in total. The van der Waals surface area contributed by atoms with Crippen LogP contribution in [0.2, 0.25) is 0 Å². The van der Waals surface area contributed by atoms with Crippen LogP contribution in [0, 0.1) is 0 Å². The van der Waals surface area contributed by atoms with Crippen LogP contribution >= 0.6 is 0 Å². The summed E-state index contributed by atoms with van der Waals surface area (Å²) < 4.78 is 5.64. The molecule has 0 aliphatic rings. The van der Waals surface area contributed by atoms with Crippen LogP contribution in [0.3, 0.4) is 0 Å². The number of ether oxygens (including phenoxy) is 1. The van der Waals surface area contributed by atoms with Crippen LogP contribution in [0.15, 0.2) is 18.2 Å². The van der Waals surface area contributed by atoms with Crippen molar-refractivity contribution in [2.24, 2.45) is 0 Å². The van der Waals surface area contributed by atoms with Crippen molar-refractivity contribution in [2.45, 2.75) is 32.8 Å². The minimum atomic E-state index is 0.157. The number of nitrogens with one attached hydrogen (secondary N) is 1. The number of benzene rings is 1. The van der Waals surface area contributed by atoms with Gasteiger partial charge in [-0.15, -0.1) is 0 Å². The second kappa shape index (κ2) is 8.82. The lowest BCUT2D eigenvalue weighted by Crippen LogP contribution is -2.27. The molecule has 0 unspecified atom stereocenters. The highest BCUT2D eigenvalue weighted by atomic mass is 16.5. The summed E-state index contributed by atoms with van der Waals surface area (Å²) in [7, 11) is 4.18. The Morgan fingerprint density at radius 2 is 2.00 bits per heavy atom. The first-order chi connectivity index (χ1) is 9.49. The molecule has 0 amide bonds. The number of likely N-dealkylation sites (N-methyl/N-ethyl adjacent to an activating group) is 1. The summed E-state index contributed by atoms with van der Waals surface area (Å²) in [5.74, 6) is 0.785. The van der Waals surface area contributed by atoms with Gasteiger partial charge in [-0.2, -0.15) is 0 Å². The highest BCUT2D eigenvalue weighted by Crippen LogP contribution is 2.24. The molecule has 0 spiro atoms. The molecule has 0 heterocycles. The van der Waals surface area contributed by atoms with Crippen molar-refractivity contribution in [3.8, 4) is 5.75 Å². The summed E-state index contributed by atoms with van der Waals surface area (Å²) in [6.07, 6.45) is 2.32. The molecule has 1 aromatic carbocycles. The van der Waals surface area contributed by atoms with Gasteiger partial charge in [-0.05, 0) is 65.0 Å². The number of aryl methyl sites for hydroxylation is 1. The van der Waals surface area contributed by atoms with Crippen LogP contribution in [0.25, 0.3) is 0 Å². The van der Waals surface area contributed by atoms with Crippen molar-refractivity contribution in [3.63, 3.8) is 0 Å². The van der Waals surface area contributed by atoms with Gasteiger partial charge in [0.15, 0.2) is 0 Å². The first-order valence-corrected chi connectivity index (χ1v) is 7.39. The third-order valence-corrected chi connectivity index (χ3v) is 2.99. The monoisotopic (exact) mass is 279 g/mol. The van der Waals surface area contributed by atoms with E-state index in [2.05, 4.69) is 30.4 Å². The Morgan fingerprint density at radius 1 is 1.25 bits per heavy atom. The van der Waals surface area contributed by atoms with Crippen LogP contribution in [-0.4, -0.2) is 44.7 Å². The molecule has 0 saturated carbocycles. The summed E-state index contributed by atoms with van der Waals surface area (Å²) in [4.78, 5) is 2.18. The Bertz CT molecular complexity index is 391. The van der Waals surface area contributed by atoms with Crippen molar-refractivity contribution >= 4 is 5.69 Å². The van der Waals surface area contributed by atoms with Crippen LogP contribution < -0.4 is 15.8 Å². The van der Waals surface area contributed by atoms with Gasteiger partial charge < -0.3 is 20.7 Å². The van der Waals surface area contributed by atoms with Gasteiger partial charge in [-0.1, -0.05) is 6.07 Å². The van der Waals surface area contributed by atoms with Crippen molar-refractivity contribution in [1.82, 2.24) is 10.2 Å². The summed E-state index contributed by atoms with van der Waals surface area (Å²) in [5, 5.41) is 3.44. The van der Waals surface area contributed by atoms with Crippen LogP contribution in [-0.2, 0) is 6.42 Å². The fraction of sp³-hybridized carbons (Fsp3) is 0.625. The van der Waals surface area contributed by atoms with Gasteiger partial charge in [0.2, 0.25) is 0 Å². The molecule has 0 fully saturated rings. The number of hydrogen-bond acceptors (Lipinski definition) is 4. The predicted octanol–water partition coefficient (Wildman–Crippen LogP) is 2.14. The molecule has 1 rings (SSSR count). The van der Waals surface area contributed by atoms with Gasteiger partial charge in [-0.25, -0.2) is 0 Å². The Kier molecular flexibility index (Phi) is 7.41. The maximum atomic E-state index is 6.01. The topological polar surface area (TPSA) is 50.5 Å². The number of nitrogen functional groups attached to an aromatic ring is 1. The molecule has 0 aliphatic heterocycles. The van der Waals surface area contributed by atoms with E-state index < -0.39 is 0 Å². The Morgan fingerprint density at radius 3 is 2.60 bits per heavy atom. The Hall–Kier alpha value is -1.26. The number of hydrogen-bond donors (Lipinski definition) is 2. The molecule has 0 saturated heterocycles. The molecular formula is C16H29N3O. The normalized spacial score (nSPS) is 11.3. The SMILES string of the molecule is CC(C)Oc1ccc(CCCNCCN(C)C)cc1N. The number of nitrogens with two attached hydrogens (primary N) is 1. The third kappa shape index (κ3) is 6.78. The summed E-state index contributed by atoms with van der Waals surface area (Å²) in [6.45, 7) is 7.17. The van der Waals surface area contributed by atoms with E-state index in [0.717, 1.165) is 43.9 Å². The van der Waals surface area contributed by atoms with Crippen molar-refractivity contribution in [2.75, 3.05) is 39.5 Å². The second-order valence-corrected chi connectivity index (χ2v) is 5.70. The van der Waals surface area contributed by atoms with Gasteiger partial charge in [0.05, 0.1) is 11.8 Å². The maximum Gasteiger partial charge on any atom is 0.142 e. The minimum absolute atomic E-state index is 0.157. The molecule has 3 N–H and O–H groups in total. The van der Waals surface area contributed by atoms with Gasteiger partial charge in [0.25, 0.3) is 0 Å². The lowest BCUT2D eigenvalue weighted by atomic mass is 10.1. The molecule has 114 valence electrons. The van der Waals surface area contributed by atoms with Crippen LogP contribution in [0.5, 0.6) is 5.75 Å². The zero-order valence-corrected chi connectivity index (χ0v) is 13.3. The average molecular weight is 279 g/mol. The van der Waals surface area contributed by atoms with E-state index in [9.17, 15) is 0 Å². The zero-order chi connectivity index (χ0) is 15.0. The third-order valence-electron chi connectivity index (χ3n) is 2.99. The smallest absolute Gasteiger partial charge is 0.142 e. The van der Waals surface area contributed by atoms with Gasteiger partial charge in [0, 0.05) is 13.1 Å². The lowest BCUT2D eigenvalue weighted by molar-refractivity contribution is 0.244. The van der Waals surface area contributed by atoms with E-state index in [4.69, 9.17) is 10.5 Å². The highest BCUT2D eigenvalue weighted by molar-refractivity contribution is 5.54. The average Bonchev–Trinajstić information content (AvgIpc) is 2.36. The lowest BCUT2D eigenvalue weighted by Gasteiger charge is -2.13. The van der Waals surface area contributed by atoms with Crippen molar-refractivity contribution < 1.29 is 4.74 Å². The van der Waals surface area contributed by atoms with Gasteiger partial charge in [-0.3, -0.25) is 0 Å². The molecule has 0 aliphatic carbocycles. The largest absolute Gasteiger partial charge is 0.489 e. The van der Waals surface area contributed by atoms with E-state index in [1.807, 2.05) is 26.0 Å². The fourth-order valence-electron chi connectivity index (χ4n) is 1.96. The summed E-state index contributed by atoms with van der Waals surface area (Å²) in [5.41, 5.74) is 8.01. The fourth-order valence-corrected chi connectivity index (χ4v) is 1.96. The van der Waals surface area contributed by atoms with Gasteiger partial charge >= 0.3 is 0 Å². The molecular weight excluding hydrogens is 250 g/mol. The summed E-state index contributed by atoms with van der Waals surface area (Å²) in [6, 6.07) is 6.11. The Balaban J connectivity index is 2.29. The molecule has 0 aromatic heterocycles. The zero-order valence-electron chi connectivity index (χ0n) is 13.3. The molecule has 1 aromatic rings. The number of nitrogens with zero attached hydrogens (tertiary/aromatic N) is 1.